The van der Waals surface area contributed by atoms with Gasteiger partial charge in [-0.2, -0.15) is 0 Å². The Bertz CT molecular complexity index is 1100. The van der Waals surface area contributed by atoms with Gasteiger partial charge in [-0.3, -0.25) is 0 Å². The summed E-state index contributed by atoms with van der Waals surface area (Å²) in [5.41, 5.74) is 6.10. The predicted molar refractivity (Wildman–Crippen MR) is 156 cm³/mol. The van der Waals surface area contributed by atoms with Crippen LogP contribution in [0.25, 0.3) is 0 Å². The lowest BCUT2D eigenvalue weighted by Crippen LogP contribution is -2.35. The summed E-state index contributed by atoms with van der Waals surface area (Å²) in [5.74, 6) is 1.62. The van der Waals surface area contributed by atoms with E-state index in [1.807, 2.05) is 0 Å². The molecule has 0 heterocycles. The highest BCUT2D eigenvalue weighted by Gasteiger charge is 2.51. The van der Waals surface area contributed by atoms with Gasteiger partial charge in [0, 0.05) is 11.8 Å². The van der Waals surface area contributed by atoms with Gasteiger partial charge in [-0.25, -0.2) is 0 Å². The van der Waals surface area contributed by atoms with Crippen molar-refractivity contribution < 1.29 is 15.3 Å². The molecule has 0 spiro atoms. The van der Waals surface area contributed by atoms with E-state index in [4.69, 9.17) is 0 Å². The Morgan fingerprint density at radius 2 is 1.79 bits per heavy atom. The maximum atomic E-state index is 11.3. The average molecular weight is 517 g/mol. The third-order valence-electron chi connectivity index (χ3n) is 10.8. The Morgan fingerprint density at radius 3 is 2.47 bits per heavy atom. The van der Waals surface area contributed by atoms with Crippen molar-refractivity contribution in [1.29, 1.82) is 0 Å². The molecule has 3 heteroatoms. The van der Waals surface area contributed by atoms with E-state index in [9.17, 15) is 15.3 Å². The van der Waals surface area contributed by atoms with Gasteiger partial charge in [-0.15, -0.1) is 0 Å². The van der Waals surface area contributed by atoms with E-state index in [2.05, 4.69) is 75.9 Å². The van der Waals surface area contributed by atoms with Crippen molar-refractivity contribution in [3.63, 3.8) is 0 Å². The molecule has 1 aromatic rings. The summed E-state index contributed by atoms with van der Waals surface area (Å²) in [6.07, 6.45) is 17.5. The molecular formula is C35H48O3. The number of aryl methyl sites for hydroxylation is 1. The largest absolute Gasteiger partial charge is 0.393 e. The van der Waals surface area contributed by atoms with Crippen LogP contribution in [0, 0.1) is 23.2 Å². The minimum atomic E-state index is -0.635. The molecule has 206 valence electrons. The smallest absolute Gasteiger partial charge is 0.0817 e. The van der Waals surface area contributed by atoms with Crippen LogP contribution >= 0.6 is 0 Å². The standard InChI is InChI=1S/C35H48O3/c1-5-25-9-13-28(14-10-25)35(19-20-35)33(38)17-8-23(2)30-15-16-31-26(7-6-18-34(30,31)4)11-12-27-21-29(36)22-32(37)24(27)3/h8-14,17,23,29-33,36-38H,3,5-7,15-16,18-22H2,1-2,4H3/t23-,29-,30-,31+,32+,33+,34-/m1/s1. The van der Waals surface area contributed by atoms with Crippen molar-refractivity contribution in [3.8, 4) is 0 Å². The first-order chi connectivity index (χ1) is 18.2. The lowest BCUT2D eigenvalue weighted by molar-refractivity contribution is 0.0862. The quantitative estimate of drug-likeness (QED) is 0.343. The van der Waals surface area contributed by atoms with Gasteiger partial charge in [0.1, 0.15) is 0 Å². The van der Waals surface area contributed by atoms with Crippen molar-refractivity contribution in [2.75, 3.05) is 0 Å². The van der Waals surface area contributed by atoms with Crippen LogP contribution in [-0.2, 0) is 11.8 Å². The molecular weight excluding hydrogens is 468 g/mol. The fourth-order valence-electron chi connectivity index (χ4n) is 8.17. The van der Waals surface area contributed by atoms with E-state index in [1.54, 1.807) is 0 Å². The molecule has 1 aromatic carbocycles. The minimum Gasteiger partial charge on any atom is -0.393 e. The molecule has 0 aliphatic heterocycles. The predicted octanol–water partition coefficient (Wildman–Crippen LogP) is 6.97. The van der Waals surface area contributed by atoms with E-state index in [0.717, 1.165) is 36.8 Å². The fraction of sp³-hybridized carbons (Fsp3) is 0.600. The topological polar surface area (TPSA) is 60.7 Å². The second-order valence-electron chi connectivity index (χ2n) is 13.1. The van der Waals surface area contributed by atoms with Gasteiger partial charge in [0.25, 0.3) is 0 Å². The molecule has 0 amide bonds. The molecule has 0 unspecified atom stereocenters. The molecule has 7 atom stereocenters. The SMILES string of the molecule is C=C1C(=CC=C2CCC[C@]3(C)[C@@H]([C@H](C)C=C[C@H](O)C4(c5ccc(CC)cc5)CC4)CC[C@@H]23)C[C@@H](O)C[C@@H]1O. The van der Waals surface area contributed by atoms with Crippen LogP contribution in [0.5, 0.6) is 0 Å². The summed E-state index contributed by atoms with van der Waals surface area (Å²) < 4.78 is 0. The molecule has 3 N–H and O–H groups in total. The number of aliphatic hydroxyl groups is 3. The molecule has 0 radical (unpaired) electrons. The van der Waals surface area contributed by atoms with Gasteiger partial charge in [0.2, 0.25) is 0 Å². The van der Waals surface area contributed by atoms with Crippen LogP contribution in [-0.4, -0.2) is 33.6 Å². The lowest BCUT2D eigenvalue weighted by atomic mass is 9.61. The van der Waals surface area contributed by atoms with E-state index in [1.165, 1.54) is 42.4 Å². The summed E-state index contributed by atoms with van der Waals surface area (Å²) in [6.45, 7) is 11.1. The Balaban J connectivity index is 1.28. The van der Waals surface area contributed by atoms with Crippen molar-refractivity contribution in [2.45, 2.75) is 109 Å². The van der Waals surface area contributed by atoms with Crippen LogP contribution in [0.3, 0.4) is 0 Å². The number of hydrogen-bond acceptors (Lipinski definition) is 3. The van der Waals surface area contributed by atoms with E-state index >= 15 is 0 Å². The Morgan fingerprint density at radius 1 is 1.05 bits per heavy atom. The summed E-state index contributed by atoms with van der Waals surface area (Å²) in [4.78, 5) is 0. The molecule has 3 nitrogen and oxygen atoms in total. The van der Waals surface area contributed by atoms with Gasteiger partial charge in [0.15, 0.2) is 0 Å². The van der Waals surface area contributed by atoms with Crippen molar-refractivity contribution >= 4 is 0 Å². The summed E-state index contributed by atoms with van der Waals surface area (Å²) in [5, 5.41) is 31.6. The molecule has 5 rings (SSSR count). The molecule has 4 aliphatic carbocycles. The zero-order chi connectivity index (χ0) is 27.1. The van der Waals surface area contributed by atoms with Crippen LogP contribution in [0.4, 0.5) is 0 Å². The average Bonchev–Trinajstić information content (AvgIpc) is 3.64. The van der Waals surface area contributed by atoms with Crippen LogP contribution in [0.2, 0.25) is 0 Å². The third-order valence-corrected chi connectivity index (χ3v) is 10.8. The number of fused-ring (bicyclic) bond motifs is 1. The van der Waals surface area contributed by atoms with Crippen molar-refractivity contribution in [3.05, 3.63) is 83.0 Å². The summed E-state index contributed by atoms with van der Waals surface area (Å²) >= 11 is 0. The van der Waals surface area contributed by atoms with Crippen LogP contribution in [0.1, 0.15) is 89.7 Å². The molecule has 0 bridgehead atoms. The number of hydrogen-bond donors (Lipinski definition) is 3. The number of allylic oxidation sites excluding steroid dienone is 4. The minimum absolute atomic E-state index is 0.0941. The molecule has 0 aromatic heterocycles. The Kier molecular flexibility index (Phi) is 7.93. The highest BCUT2D eigenvalue weighted by molar-refractivity contribution is 5.39. The second-order valence-corrected chi connectivity index (χ2v) is 13.1. The monoisotopic (exact) mass is 516 g/mol. The maximum Gasteiger partial charge on any atom is 0.0817 e. The highest BCUT2D eigenvalue weighted by atomic mass is 16.3. The zero-order valence-electron chi connectivity index (χ0n) is 23.7. The number of rotatable bonds is 7. The first-order valence-electron chi connectivity index (χ1n) is 15.1. The van der Waals surface area contributed by atoms with Gasteiger partial charge in [-0.05, 0) is 103 Å². The first-order valence-corrected chi connectivity index (χ1v) is 15.1. The lowest BCUT2D eigenvalue weighted by Gasteiger charge is -2.44. The van der Waals surface area contributed by atoms with E-state index in [-0.39, 0.29) is 10.8 Å². The first kappa shape index (κ1) is 27.6. The molecule has 0 saturated heterocycles. The second kappa shape index (κ2) is 10.9. The van der Waals surface area contributed by atoms with Crippen LogP contribution in [0.15, 0.2) is 71.9 Å². The van der Waals surface area contributed by atoms with Gasteiger partial charge in [0.05, 0.1) is 18.3 Å². The zero-order valence-corrected chi connectivity index (χ0v) is 23.7. The Labute approximate surface area is 230 Å². The number of benzene rings is 1. The third kappa shape index (κ3) is 5.15. The van der Waals surface area contributed by atoms with E-state index < -0.39 is 18.3 Å². The molecule has 38 heavy (non-hydrogen) atoms. The summed E-state index contributed by atoms with van der Waals surface area (Å²) in [6, 6.07) is 8.88. The Hall–Kier alpha value is -1.94. The number of aliphatic hydroxyl groups excluding tert-OH is 3. The molecule has 4 aliphatic rings. The normalized spacial score (nSPS) is 36.5. The van der Waals surface area contributed by atoms with Crippen molar-refractivity contribution in [2.24, 2.45) is 23.2 Å². The highest BCUT2D eigenvalue weighted by Crippen LogP contribution is 2.60. The maximum absolute atomic E-state index is 11.3. The van der Waals surface area contributed by atoms with E-state index in [0.29, 0.717) is 30.6 Å². The molecule has 4 fully saturated rings. The fourth-order valence-corrected chi connectivity index (χ4v) is 8.17. The van der Waals surface area contributed by atoms with Gasteiger partial charge >= 0.3 is 0 Å². The molecule has 4 saturated carbocycles. The van der Waals surface area contributed by atoms with Gasteiger partial charge in [-0.1, -0.05) is 81.5 Å². The van der Waals surface area contributed by atoms with Crippen LogP contribution < -0.4 is 0 Å². The summed E-state index contributed by atoms with van der Waals surface area (Å²) in [7, 11) is 0. The van der Waals surface area contributed by atoms with Crippen molar-refractivity contribution in [1.82, 2.24) is 0 Å². The van der Waals surface area contributed by atoms with Gasteiger partial charge < -0.3 is 15.3 Å².